The fourth-order valence-electron chi connectivity index (χ4n) is 1.90. The molecule has 0 aliphatic heterocycles. The van der Waals surface area contributed by atoms with Crippen molar-refractivity contribution in [2.24, 2.45) is 0 Å². The molecule has 0 amide bonds. The number of likely N-dealkylation sites (N-methyl/N-ethyl adjacent to an activating group) is 1. The molecule has 0 saturated heterocycles. The van der Waals surface area contributed by atoms with Crippen molar-refractivity contribution >= 4 is 0 Å². The van der Waals surface area contributed by atoms with E-state index in [1.165, 1.54) is 19.3 Å². The molecular weight excluding hydrogens is 224 g/mol. The first kappa shape index (κ1) is 14.7. The molecule has 0 spiro atoms. The van der Waals surface area contributed by atoms with Gasteiger partial charge in [-0.25, -0.2) is 0 Å². The van der Waals surface area contributed by atoms with E-state index in [9.17, 15) is 5.11 Å². The van der Waals surface area contributed by atoms with Gasteiger partial charge in [-0.3, -0.25) is 0 Å². The van der Waals surface area contributed by atoms with Crippen LogP contribution in [0.3, 0.4) is 0 Å². The SMILES string of the molecule is CCCCCN(C)CC(O)c1ccc(C#N)cc1. The number of unbranched alkanes of at least 4 members (excludes halogenated alkanes) is 2. The third kappa shape index (κ3) is 4.87. The molecular formula is C15H22N2O. The van der Waals surface area contributed by atoms with Crippen molar-refractivity contribution in [1.82, 2.24) is 4.90 Å². The standard InChI is InChI=1S/C15H22N2O/c1-3-4-5-10-17(2)12-15(18)14-8-6-13(11-16)7-9-14/h6-9,15,18H,3-5,10,12H2,1-2H3. The first-order valence-corrected chi connectivity index (χ1v) is 6.54. The lowest BCUT2D eigenvalue weighted by atomic mass is 10.1. The van der Waals surface area contributed by atoms with Crippen molar-refractivity contribution in [3.63, 3.8) is 0 Å². The van der Waals surface area contributed by atoms with Gasteiger partial charge in [0.25, 0.3) is 0 Å². The summed E-state index contributed by atoms with van der Waals surface area (Å²) in [4.78, 5) is 2.15. The monoisotopic (exact) mass is 246 g/mol. The van der Waals surface area contributed by atoms with Crippen LogP contribution in [0, 0.1) is 11.3 Å². The highest BCUT2D eigenvalue weighted by Gasteiger charge is 2.10. The quantitative estimate of drug-likeness (QED) is 0.752. The summed E-state index contributed by atoms with van der Waals surface area (Å²) in [5.41, 5.74) is 1.50. The van der Waals surface area contributed by atoms with Gasteiger partial charge in [-0.1, -0.05) is 31.9 Å². The van der Waals surface area contributed by atoms with Crippen molar-refractivity contribution in [1.29, 1.82) is 5.26 Å². The second-order valence-electron chi connectivity index (χ2n) is 4.72. The highest BCUT2D eigenvalue weighted by atomic mass is 16.3. The van der Waals surface area contributed by atoms with E-state index < -0.39 is 6.10 Å². The van der Waals surface area contributed by atoms with Crippen molar-refractivity contribution in [3.8, 4) is 6.07 Å². The topological polar surface area (TPSA) is 47.3 Å². The number of hydrogen-bond acceptors (Lipinski definition) is 3. The first-order chi connectivity index (χ1) is 8.67. The second-order valence-corrected chi connectivity index (χ2v) is 4.72. The Hall–Kier alpha value is -1.37. The Kier molecular flexibility index (Phi) is 6.42. The summed E-state index contributed by atoms with van der Waals surface area (Å²) in [5.74, 6) is 0. The molecule has 1 unspecified atom stereocenters. The van der Waals surface area contributed by atoms with E-state index in [2.05, 4.69) is 17.9 Å². The average molecular weight is 246 g/mol. The van der Waals surface area contributed by atoms with Gasteiger partial charge in [-0.05, 0) is 37.7 Å². The molecule has 0 bridgehead atoms. The largest absolute Gasteiger partial charge is 0.387 e. The van der Waals surface area contributed by atoms with Crippen molar-refractivity contribution < 1.29 is 5.11 Å². The van der Waals surface area contributed by atoms with Crippen LogP contribution in [0.4, 0.5) is 0 Å². The van der Waals surface area contributed by atoms with E-state index in [-0.39, 0.29) is 0 Å². The van der Waals surface area contributed by atoms with E-state index in [0.29, 0.717) is 12.1 Å². The van der Waals surface area contributed by atoms with Crippen LogP contribution < -0.4 is 0 Å². The van der Waals surface area contributed by atoms with E-state index in [4.69, 9.17) is 5.26 Å². The van der Waals surface area contributed by atoms with Crippen molar-refractivity contribution in [2.45, 2.75) is 32.3 Å². The molecule has 1 aromatic carbocycles. The fraction of sp³-hybridized carbons (Fsp3) is 0.533. The molecule has 3 nitrogen and oxygen atoms in total. The van der Waals surface area contributed by atoms with Crippen LogP contribution in [-0.2, 0) is 0 Å². The molecule has 0 heterocycles. The van der Waals surface area contributed by atoms with Crippen LogP contribution in [0.1, 0.15) is 43.4 Å². The second kappa shape index (κ2) is 7.86. The molecule has 0 aliphatic rings. The van der Waals surface area contributed by atoms with Crippen LogP contribution in [0.2, 0.25) is 0 Å². The average Bonchev–Trinajstić information content (AvgIpc) is 2.39. The van der Waals surface area contributed by atoms with Gasteiger partial charge in [0.1, 0.15) is 0 Å². The Balaban J connectivity index is 2.43. The number of benzene rings is 1. The zero-order valence-corrected chi connectivity index (χ0v) is 11.3. The van der Waals surface area contributed by atoms with E-state index in [1.54, 1.807) is 12.1 Å². The van der Waals surface area contributed by atoms with Gasteiger partial charge in [-0.15, -0.1) is 0 Å². The first-order valence-electron chi connectivity index (χ1n) is 6.54. The third-order valence-corrected chi connectivity index (χ3v) is 3.05. The van der Waals surface area contributed by atoms with Crippen molar-refractivity contribution in [3.05, 3.63) is 35.4 Å². The van der Waals surface area contributed by atoms with Crippen LogP contribution in [0.25, 0.3) is 0 Å². The zero-order chi connectivity index (χ0) is 13.4. The summed E-state index contributed by atoms with van der Waals surface area (Å²) >= 11 is 0. The Morgan fingerprint density at radius 1 is 1.28 bits per heavy atom. The van der Waals surface area contributed by atoms with Gasteiger partial charge in [0, 0.05) is 6.54 Å². The number of aliphatic hydroxyl groups is 1. The third-order valence-electron chi connectivity index (χ3n) is 3.05. The summed E-state index contributed by atoms with van der Waals surface area (Å²) in [7, 11) is 2.03. The van der Waals surface area contributed by atoms with E-state index >= 15 is 0 Å². The van der Waals surface area contributed by atoms with E-state index in [0.717, 1.165) is 12.1 Å². The number of aliphatic hydroxyl groups excluding tert-OH is 1. The molecule has 1 aromatic rings. The molecule has 1 N–H and O–H groups in total. The lowest BCUT2D eigenvalue weighted by Gasteiger charge is -2.20. The fourth-order valence-corrected chi connectivity index (χ4v) is 1.90. The molecule has 1 rings (SSSR count). The predicted octanol–water partition coefficient (Wildman–Crippen LogP) is 2.71. The van der Waals surface area contributed by atoms with Crippen LogP contribution in [0.5, 0.6) is 0 Å². The Morgan fingerprint density at radius 3 is 2.50 bits per heavy atom. The number of rotatable bonds is 7. The smallest absolute Gasteiger partial charge is 0.0991 e. The highest BCUT2D eigenvalue weighted by Crippen LogP contribution is 2.14. The molecule has 0 saturated carbocycles. The lowest BCUT2D eigenvalue weighted by Crippen LogP contribution is -2.25. The minimum atomic E-state index is -0.482. The summed E-state index contributed by atoms with van der Waals surface area (Å²) < 4.78 is 0. The Morgan fingerprint density at radius 2 is 1.94 bits per heavy atom. The zero-order valence-electron chi connectivity index (χ0n) is 11.3. The van der Waals surface area contributed by atoms with Crippen LogP contribution >= 0.6 is 0 Å². The van der Waals surface area contributed by atoms with Gasteiger partial charge in [-0.2, -0.15) is 5.26 Å². The van der Waals surface area contributed by atoms with Gasteiger partial charge in [0.05, 0.1) is 17.7 Å². The maximum atomic E-state index is 10.1. The summed E-state index contributed by atoms with van der Waals surface area (Å²) in [5, 5.41) is 18.8. The van der Waals surface area contributed by atoms with E-state index in [1.807, 2.05) is 19.2 Å². The normalized spacial score (nSPS) is 12.4. The molecule has 0 radical (unpaired) electrons. The number of nitriles is 1. The van der Waals surface area contributed by atoms with Crippen LogP contribution in [-0.4, -0.2) is 30.1 Å². The van der Waals surface area contributed by atoms with Crippen LogP contribution in [0.15, 0.2) is 24.3 Å². The molecule has 18 heavy (non-hydrogen) atoms. The van der Waals surface area contributed by atoms with Crippen molar-refractivity contribution in [2.75, 3.05) is 20.1 Å². The Labute approximate surface area is 110 Å². The molecule has 1 atom stereocenters. The predicted molar refractivity (Wildman–Crippen MR) is 73.1 cm³/mol. The Bertz CT molecular complexity index is 380. The lowest BCUT2D eigenvalue weighted by molar-refractivity contribution is 0.126. The molecule has 0 aromatic heterocycles. The maximum absolute atomic E-state index is 10.1. The molecule has 98 valence electrons. The summed E-state index contributed by atoms with van der Waals surface area (Å²) in [6, 6.07) is 9.21. The minimum absolute atomic E-state index is 0.482. The molecule has 0 fully saturated rings. The number of nitrogens with zero attached hydrogens (tertiary/aromatic N) is 2. The van der Waals surface area contributed by atoms with Gasteiger partial charge in [0.2, 0.25) is 0 Å². The van der Waals surface area contributed by atoms with Gasteiger partial charge >= 0.3 is 0 Å². The van der Waals surface area contributed by atoms with Gasteiger partial charge in [0.15, 0.2) is 0 Å². The summed E-state index contributed by atoms with van der Waals surface area (Å²) in [6.07, 6.45) is 3.14. The summed E-state index contributed by atoms with van der Waals surface area (Å²) in [6.45, 7) is 3.84. The number of hydrogen-bond donors (Lipinski definition) is 1. The highest BCUT2D eigenvalue weighted by molar-refractivity contribution is 5.32. The van der Waals surface area contributed by atoms with Gasteiger partial charge < -0.3 is 10.0 Å². The molecule has 0 aliphatic carbocycles. The minimum Gasteiger partial charge on any atom is -0.387 e. The maximum Gasteiger partial charge on any atom is 0.0991 e. The molecule has 3 heteroatoms.